The van der Waals surface area contributed by atoms with Gasteiger partial charge in [0.05, 0.1) is 19.6 Å². The molecule has 0 fully saturated rings. The Labute approximate surface area is 178 Å². The minimum absolute atomic E-state index is 0. The molecule has 0 saturated carbocycles. The van der Waals surface area contributed by atoms with Crippen molar-refractivity contribution in [3.8, 4) is 0 Å². The molecule has 4 rings (SSSR count). The maximum Gasteiger partial charge on any atom is 0.416 e. The van der Waals surface area contributed by atoms with Gasteiger partial charge < -0.3 is 24.0 Å². The number of aromatic nitrogens is 2. The summed E-state index contributed by atoms with van der Waals surface area (Å²) in [6, 6.07) is 12.3. The van der Waals surface area contributed by atoms with Crippen molar-refractivity contribution in [2.45, 2.75) is 6.04 Å². The van der Waals surface area contributed by atoms with E-state index in [0.717, 1.165) is 17.7 Å². The second kappa shape index (κ2) is 8.22. The zero-order valence-corrected chi connectivity index (χ0v) is 17.3. The van der Waals surface area contributed by atoms with Gasteiger partial charge in [0, 0.05) is 5.56 Å². The van der Waals surface area contributed by atoms with Crippen LogP contribution >= 0.6 is 0 Å². The van der Waals surface area contributed by atoms with Crippen molar-refractivity contribution in [2.24, 2.45) is 7.05 Å². The van der Waals surface area contributed by atoms with Crippen LogP contribution < -0.4 is 28.5 Å². The molecule has 0 N–H and O–H groups in total. The first-order valence-electron chi connectivity index (χ1n) is 8.58. The molecular formula is C21H18F2IN3O. The third kappa shape index (κ3) is 3.84. The average molecular weight is 493 g/mol. The van der Waals surface area contributed by atoms with Crippen LogP contribution in [-0.4, -0.2) is 22.0 Å². The van der Waals surface area contributed by atoms with Crippen LogP contribution in [0.2, 0.25) is 0 Å². The van der Waals surface area contributed by atoms with Crippen LogP contribution in [0.1, 0.15) is 17.2 Å². The van der Waals surface area contributed by atoms with Gasteiger partial charge in [0.15, 0.2) is 0 Å². The molecule has 1 amide bonds. The number of carbonyl (C=O) groups is 1. The fraction of sp³-hybridized carbons (Fsp3) is 0.143. The maximum atomic E-state index is 14.3. The Hall–Kier alpha value is -2.55. The number of aryl methyl sites for hydroxylation is 1. The summed E-state index contributed by atoms with van der Waals surface area (Å²) in [6.45, 7) is 0.195. The van der Waals surface area contributed by atoms with Crippen molar-refractivity contribution in [2.75, 3.05) is 6.54 Å². The van der Waals surface area contributed by atoms with E-state index in [9.17, 15) is 13.6 Å². The third-order valence-electron chi connectivity index (χ3n) is 4.69. The molecule has 0 radical (unpaired) electrons. The molecule has 0 aliphatic carbocycles. The van der Waals surface area contributed by atoms with E-state index in [0.29, 0.717) is 5.57 Å². The number of imidazole rings is 1. The van der Waals surface area contributed by atoms with Crippen LogP contribution in [0, 0.1) is 11.6 Å². The molecular weight excluding hydrogens is 475 g/mol. The first-order chi connectivity index (χ1) is 13.0. The van der Waals surface area contributed by atoms with Gasteiger partial charge in [0.1, 0.15) is 24.0 Å². The van der Waals surface area contributed by atoms with Gasteiger partial charge in [-0.15, -0.1) is 0 Å². The zero-order valence-electron chi connectivity index (χ0n) is 15.1. The van der Waals surface area contributed by atoms with Gasteiger partial charge >= 0.3 is 6.03 Å². The normalized spacial score (nSPS) is 15.9. The number of rotatable bonds is 2. The van der Waals surface area contributed by atoms with Gasteiger partial charge in [-0.1, -0.05) is 36.4 Å². The minimum atomic E-state index is -0.509. The highest BCUT2D eigenvalue weighted by molar-refractivity contribution is 5.83. The molecule has 7 heteroatoms. The van der Waals surface area contributed by atoms with E-state index in [1.807, 2.05) is 43.5 Å². The summed E-state index contributed by atoms with van der Waals surface area (Å²) in [5, 5.41) is 0. The molecule has 0 saturated heterocycles. The fourth-order valence-electron chi connectivity index (χ4n) is 3.36. The van der Waals surface area contributed by atoms with Crippen molar-refractivity contribution in [3.63, 3.8) is 0 Å². The molecule has 1 aliphatic rings. The monoisotopic (exact) mass is 493 g/mol. The van der Waals surface area contributed by atoms with E-state index in [1.165, 1.54) is 10.6 Å². The van der Waals surface area contributed by atoms with Gasteiger partial charge in [0.25, 0.3) is 6.33 Å². The Bertz CT molecular complexity index is 1030. The standard InChI is InChI=1S/C21H18F2N3O.HI/c1-24-9-10-25(14-24)21(27)26-13-16(18-12-17(22)7-8-19(18)23)11-20(26)15-5-3-2-4-6-15;/h2-12,14,20H,13H2,1H3;1H/q+1;/p-1/t20-;/m0./s1. The molecule has 3 aromatic rings. The largest absolute Gasteiger partial charge is 1.00 e. The van der Waals surface area contributed by atoms with Crippen LogP contribution in [-0.2, 0) is 7.05 Å². The second-order valence-corrected chi connectivity index (χ2v) is 6.57. The van der Waals surface area contributed by atoms with Crippen LogP contribution in [0.25, 0.3) is 5.57 Å². The number of halogens is 3. The maximum absolute atomic E-state index is 14.3. The summed E-state index contributed by atoms with van der Waals surface area (Å²) in [4.78, 5) is 14.7. The number of nitrogens with zero attached hydrogens (tertiary/aromatic N) is 3. The van der Waals surface area contributed by atoms with Crippen LogP contribution in [0.4, 0.5) is 13.6 Å². The van der Waals surface area contributed by atoms with Crippen molar-refractivity contribution in [3.05, 3.63) is 96.1 Å². The zero-order chi connectivity index (χ0) is 19.0. The SMILES string of the molecule is C[n+]1ccn(C(=O)N2CC(c3cc(F)ccc3F)=C[C@H]2c2ccccc2)c1.[I-]. The first kappa shape index (κ1) is 20.2. The van der Waals surface area contributed by atoms with Gasteiger partial charge in [-0.3, -0.25) is 4.90 Å². The Morgan fingerprint density at radius 3 is 2.57 bits per heavy atom. The Balaban J connectivity index is 0.00000225. The van der Waals surface area contributed by atoms with Gasteiger partial charge in [-0.2, -0.15) is 4.57 Å². The summed E-state index contributed by atoms with van der Waals surface area (Å²) >= 11 is 0. The van der Waals surface area contributed by atoms with Crippen molar-refractivity contribution >= 4 is 11.6 Å². The van der Waals surface area contributed by atoms with Crippen molar-refractivity contribution in [1.29, 1.82) is 0 Å². The molecule has 0 bridgehead atoms. The lowest BCUT2D eigenvalue weighted by atomic mass is 10.0. The molecule has 2 heterocycles. The van der Waals surface area contributed by atoms with Gasteiger partial charge in [-0.05, 0) is 29.3 Å². The van der Waals surface area contributed by atoms with Crippen molar-refractivity contribution < 1.29 is 42.1 Å². The summed E-state index contributed by atoms with van der Waals surface area (Å²) in [7, 11) is 1.83. The molecule has 1 atom stereocenters. The lowest BCUT2D eigenvalue weighted by Crippen LogP contribution is -3.00. The Morgan fingerprint density at radius 2 is 1.89 bits per heavy atom. The summed E-state index contributed by atoms with van der Waals surface area (Å²) < 4.78 is 31.2. The van der Waals surface area contributed by atoms with Crippen molar-refractivity contribution in [1.82, 2.24) is 9.47 Å². The summed E-state index contributed by atoms with van der Waals surface area (Å²) in [5.74, 6) is -1.01. The quantitative estimate of drug-likeness (QED) is 0.382. The predicted octanol–water partition coefficient (Wildman–Crippen LogP) is 0.703. The molecule has 0 unspecified atom stereocenters. The van der Waals surface area contributed by atoms with Crippen LogP contribution in [0.15, 0.2) is 73.3 Å². The van der Waals surface area contributed by atoms with E-state index in [4.69, 9.17) is 0 Å². The number of hydrogen-bond acceptors (Lipinski definition) is 1. The Kier molecular flexibility index (Phi) is 5.93. The lowest BCUT2D eigenvalue weighted by molar-refractivity contribution is -0.670. The lowest BCUT2D eigenvalue weighted by Gasteiger charge is -2.22. The highest BCUT2D eigenvalue weighted by Crippen LogP contribution is 2.36. The molecule has 1 aliphatic heterocycles. The van der Waals surface area contributed by atoms with Gasteiger partial charge in [0.2, 0.25) is 0 Å². The van der Waals surface area contributed by atoms with Gasteiger partial charge in [-0.25, -0.2) is 18.1 Å². The molecule has 28 heavy (non-hydrogen) atoms. The second-order valence-electron chi connectivity index (χ2n) is 6.57. The summed E-state index contributed by atoms with van der Waals surface area (Å²) in [5.41, 5.74) is 1.68. The molecule has 2 aromatic carbocycles. The highest BCUT2D eigenvalue weighted by atomic mass is 127. The number of amides is 1. The van der Waals surface area contributed by atoms with Crippen LogP contribution in [0.5, 0.6) is 0 Å². The summed E-state index contributed by atoms with van der Waals surface area (Å²) in [6.07, 6.45) is 6.94. The molecule has 0 spiro atoms. The first-order valence-corrected chi connectivity index (χ1v) is 8.58. The average Bonchev–Trinajstić information content (AvgIpc) is 3.30. The fourth-order valence-corrected chi connectivity index (χ4v) is 3.36. The number of carbonyl (C=O) groups excluding carboxylic acids is 1. The molecule has 1 aromatic heterocycles. The third-order valence-corrected chi connectivity index (χ3v) is 4.69. The van der Waals surface area contributed by atoms with E-state index >= 15 is 0 Å². The minimum Gasteiger partial charge on any atom is -1.00 e. The number of hydrogen-bond donors (Lipinski definition) is 0. The molecule has 4 nitrogen and oxygen atoms in total. The highest BCUT2D eigenvalue weighted by Gasteiger charge is 2.34. The van der Waals surface area contributed by atoms with E-state index in [1.54, 1.807) is 28.2 Å². The number of benzene rings is 2. The Morgan fingerprint density at radius 1 is 1.14 bits per heavy atom. The molecule has 144 valence electrons. The topological polar surface area (TPSA) is 29.1 Å². The smallest absolute Gasteiger partial charge is 0.416 e. The van der Waals surface area contributed by atoms with Crippen LogP contribution in [0.3, 0.4) is 0 Å². The van der Waals surface area contributed by atoms with E-state index in [-0.39, 0.29) is 48.2 Å². The van der Waals surface area contributed by atoms with E-state index in [2.05, 4.69) is 0 Å². The van der Waals surface area contributed by atoms with E-state index < -0.39 is 11.6 Å². The predicted molar refractivity (Wildman–Crippen MR) is 96.6 cm³/mol.